The minimum absolute atomic E-state index is 0.191. The second-order valence-electron chi connectivity index (χ2n) is 9.11. The summed E-state index contributed by atoms with van der Waals surface area (Å²) in [6, 6.07) is 14.3. The van der Waals surface area contributed by atoms with E-state index >= 15 is 0 Å². The Morgan fingerprint density at radius 3 is 2.61 bits per heavy atom. The normalized spacial score (nSPS) is 13.9. The van der Waals surface area contributed by atoms with E-state index in [0.29, 0.717) is 27.3 Å². The van der Waals surface area contributed by atoms with Crippen molar-refractivity contribution < 1.29 is 9.53 Å². The highest BCUT2D eigenvalue weighted by atomic mass is 35.5. The number of halogens is 1. The molecule has 1 aromatic carbocycles. The molecule has 11 heteroatoms. The number of carbonyl (C=O) groups is 1. The molecule has 0 spiro atoms. The number of amides is 1. The summed E-state index contributed by atoms with van der Waals surface area (Å²) in [6.07, 6.45) is 8.24. The van der Waals surface area contributed by atoms with Crippen molar-refractivity contribution in [1.29, 1.82) is 0 Å². The molecule has 0 radical (unpaired) electrons. The van der Waals surface area contributed by atoms with Crippen molar-refractivity contribution in [3.05, 3.63) is 86.2 Å². The van der Waals surface area contributed by atoms with Crippen LogP contribution in [0.1, 0.15) is 41.0 Å². The topological polar surface area (TPSA) is 94.3 Å². The highest BCUT2D eigenvalue weighted by Gasteiger charge is 2.12. The lowest BCUT2D eigenvalue weighted by molar-refractivity contribution is 0.0954. The lowest BCUT2D eigenvalue weighted by Crippen LogP contribution is -2.31. The van der Waals surface area contributed by atoms with Crippen molar-refractivity contribution in [2.75, 3.05) is 26.2 Å². The maximum Gasteiger partial charge on any atom is 0.297 e. The predicted molar refractivity (Wildman–Crippen MR) is 148 cm³/mol. The van der Waals surface area contributed by atoms with Crippen molar-refractivity contribution in [1.82, 2.24) is 29.8 Å². The summed E-state index contributed by atoms with van der Waals surface area (Å²) in [6.45, 7) is 4.08. The Kier molecular flexibility index (Phi) is 8.52. The van der Waals surface area contributed by atoms with Gasteiger partial charge in [-0.3, -0.25) is 14.2 Å². The summed E-state index contributed by atoms with van der Waals surface area (Å²) in [4.78, 5) is 28.2. The van der Waals surface area contributed by atoms with E-state index in [1.807, 2.05) is 30.3 Å². The van der Waals surface area contributed by atoms with Gasteiger partial charge >= 0.3 is 0 Å². The molecule has 5 rings (SSSR count). The molecule has 3 aromatic heterocycles. The van der Waals surface area contributed by atoms with Crippen LogP contribution in [0.5, 0.6) is 5.75 Å². The second-order valence-corrected chi connectivity index (χ2v) is 10.8. The van der Waals surface area contributed by atoms with Crippen molar-refractivity contribution >= 4 is 28.8 Å². The molecule has 0 saturated carbocycles. The number of carbonyl (C=O) groups excluding carboxylic acids is 1. The Labute approximate surface area is 229 Å². The zero-order chi connectivity index (χ0) is 26.3. The molecule has 1 amide bonds. The van der Waals surface area contributed by atoms with Crippen molar-refractivity contribution in [3.63, 3.8) is 0 Å². The fourth-order valence-corrected chi connectivity index (χ4v) is 5.37. The quantitative estimate of drug-likeness (QED) is 0.295. The van der Waals surface area contributed by atoms with Crippen LogP contribution in [0.2, 0.25) is 4.34 Å². The zero-order valence-electron chi connectivity index (χ0n) is 20.9. The molecule has 4 aromatic rings. The summed E-state index contributed by atoms with van der Waals surface area (Å²) in [5.74, 6) is 0.141. The maximum absolute atomic E-state index is 13.0. The first-order valence-corrected chi connectivity index (χ1v) is 13.9. The van der Waals surface area contributed by atoms with E-state index in [0.717, 1.165) is 37.4 Å². The molecule has 38 heavy (non-hydrogen) atoms. The van der Waals surface area contributed by atoms with E-state index in [2.05, 4.69) is 20.5 Å². The Morgan fingerprint density at radius 1 is 1.05 bits per heavy atom. The maximum atomic E-state index is 13.0. The smallest absolute Gasteiger partial charge is 0.297 e. The van der Waals surface area contributed by atoms with Crippen LogP contribution in [0, 0.1) is 0 Å². The van der Waals surface area contributed by atoms with E-state index in [-0.39, 0.29) is 18.0 Å². The van der Waals surface area contributed by atoms with Crippen LogP contribution >= 0.6 is 22.9 Å². The van der Waals surface area contributed by atoms with Crippen molar-refractivity contribution in [3.8, 4) is 17.1 Å². The Bertz CT molecular complexity index is 1430. The highest BCUT2D eigenvalue weighted by molar-refractivity contribution is 7.17. The molecule has 0 atom stereocenters. The van der Waals surface area contributed by atoms with Crippen LogP contribution in [-0.4, -0.2) is 56.6 Å². The molecule has 1 aliphatic heterocycles. The first kappa shape index (κ1) is 26.1. The van der Waals surface area contributed by atoms with Gasteiger partial charge in [0.05, 0.1) is 34.2 Å². The number of piperidine rings is 1. The summed E-state index contributed by atoms with van der Waals surface area (Å²) in [5.41, 5.74) is 1.93. The standard InChI is InChI=1S/C27H29ClN6O3S/c28-25-12-11-24(38-25)26(35)29-18-20-19-34(31-30-20)22-9-7-21(8-10-22)33-16-4-6-23(27(33)36)37-17-5-15-32-13-2-1-3-14-32/h4,6-12,16,19H,1-3,5,13-15,17-18H2,(H,29,35). The molecule has 0 aliphatic carbocycles. The van der Waals surface area contributed by atoms with Gasteiger partial charge in [0.25, 0.3) is 11.5 Å². The first-order chi connectivity index (χ1) is 18.6. The number of benzene rings is 1. The lowest BCUT2D eigenvalue weighted by Gasteiger charge is -2.26. The molecule has 1 aliphatic rings. The average molecular weight is 553 g/mol. The number of thiophene rings is 1. The van der Waals surface area contributed by atoms with Gasteiger partial charge in [-0.2, -0.15) is 0 Å². The van der Waals surface area contributed by atoms with Crippen LogP contribution < -0.4 is 15.6 Å². The van der Waals surface area contributed by atoms with E-state index in [1.54, 1.807) is 39.8 Å². The van der Waals surface area contributed by atoms with Crippen LogP contribution in [0.15, 0.2) is 65.7 Å². The summed E-state index contributed by atoms with van der Waals surface area (Å²) in [5, 5.41) is 11.1. The SMILES string of the molecule is O=C(NCc1cn(-c2ccc(-n3cccc(OCCCN4CCCCC4)c3=O)cc2)nn1)c1ccc(Cl)s1. The van der Waals surface area contributed by atoms with Crippen LogP contribution in [-0.2, 0) is 6.54 Å². The minimum Gasteiger partial charge on any atom is -0.488 e. The summed E-state index contributed by atoms with van der Waals surface area (Å²) >= 11 is 7.12. The third-order valence-electron chi connectivity index (χ3n) is 6.40. The molecule has 1 N–H and O–H groups in total. The van der Waals surface area contributed by atoms with Crippen molar-refractivity contribution in [2.24, 2.45) is 0 Å². The van der Waals surface area contributed by atoms with E-state index in [1.165, 1.54) is 30.6 Å². The van der Waals surface area contributed by atoms with Gasteiger partial charge in [0.1, 0.15) is 5.69 Å². The van der Waals surface area contributed by atoms with E-state index in [9.17, 15) is 9.59 Å². The van der Waals surface area contributed by atoms with E-state index < -0.39 is 0 Å². The number of pyridine rings is 1. The molecular formula is C27H29ClN6O3S. The van der Waals surface area contributed by atoms with Gasteiger partial charge in [0.2, 0.25) is 0 Å². The molecule has 198 valence electrons. The summed E-state index contributed by atoms with van der Waals surface area (Å²) < 4.78 is 9.60. The number of ether oxygens (including phenoxy) is 1. The zero-order valence-corrected chi connectivity index (χ0v) is 22.5. The van der Waals surface area contributed by atoms with Gasteiger partial charge in [-0.15, -0.1) is 16.4 Å². The fourth-order valence-electron chi connectivity index (χ4n) is 4.41. The van der Waals surface area contributed by atoms with E-state index in [4.69, 9.17) is 16.3 Å². The minimum atomic E-state index is -0.209. The number of hydrogen-bond donors (Lipinski definition) is 1. The molecule has 0 unspecified atom stereocenters. The Balaban J connectivity index is 1.17. The molecule has 9 nitrogen and oxygen atoms in total. The van der Waals surface area contributed by atoms with Gasteiger partial charge in [-0.25, -0.2) is 4.68 Å². The number of nitrogens with zero attached hydrogens (tertiary/aromatic N) is 5. The van der Waals surface area contributed by atoms with Crippen LogP contribution in [0.3, 0.4) is 0 Å². The molecule has 4 heterocycles. The molecule has 1 fully saturated rings. The number of likely N-dealkylation sites (tertiary alicyclic amines) is 1. The molecule has 1 saturated heterocycles. The number of aromatic nitrogens is 4. The van der Waals surface area contributed by atoms with Gasteiger partial charge in [0, 0.05) is 18.4 Å². The van der Waals surface area contributed by atoms with Crippen LogP contribution in [0.25, 0.3) is 11.4 Å². The van der Waals surface area contributed by atoms with Gasteiger partial charge in [-0.1, -0.05) is 23.2 Å². The van der Waals surface area contributed by atoms with Crippen molar-refractivity contribution in [2.45, 2.75) is 32.2 Å². The largest absolute Gasteiger partial charge is 0.488 e. The van der Waals surface area contributed by atoms with Gasteiger partial charge in [0.15, 0.2) is 5.75 Å². The highest BCUT2D eigenvalue weighted by Crippen LogP contribution is 2.21. The Morgan fingerprint density at radius 2 is 1.84 bits per heavy atom. The third-order valence-corrected chi connectivity index (χ3v) is 7.63. The number of rotatable bonds is 10. The second kappa shape index (κ2) is 12.4. The Hall–Kier alpha value is -3.47. The number of nitrogens with one attached hydrogen (secondary N) is 1. The third kappa shape index (κ3) is 6.50. The lowest BCUT2D eigenvalue weighted by atomic mass is 10.1. The van der Waals surface area contributed by atoms with Crippen LogP contribution in [0.4, 0.5) is 0 Å². The fraction of sp³-hybridized carbons (Fsp3) is 0.333. The first-order valence-electron chi connectivity index (χ1n) is 12.7. The monoisotopic (exact) mass is 552 g/mol. The predicted octanol–water partition coefficient (Wildman–Crippen LogP) is 4.32. The number of hydrogen-bond acceptors (Lipinski definition) is 7. The summed E-state index contributed by atoms with van der Waals surface area (Å²) in [7, 11) is 0. The molecular weight excluding hydrogens is 524 g/mol. The van der Waals surface area contributed by atoms with Gasteiger partial charge in [-0.05, 0) is 80.9 Å². The average Bonchev–Trinajstić information content (AvgIpc) is 3.61. The van der Waals surface area contributed by atoms with Gasteiger partial charge < -0.3 is 15.0 Å². The molecule has 0 bridgehead atoms.